The summed E-state index contributed by atoms with van der Waals surface area (Å²) in [5.74, 6) is 0. The predicted molar refractivity (Wildman–Crippen MR) is 99.4 cm³/mol. The highest BCUT2D eigenvalue weighted by molar-refractivity contribution is 8.21. The zero-order valence-corrected chi connectivity index (χ0v) is 13.9. The molecule has 6 aliphatic rings. The number of hydrogen-bond acceptors (Lipinski definition) is 0. The Morgan fingerprint density at radius 1 is 0.600 bits per heavy atom. The molecule has 0 saturated carbocycles. The van der Waals surface area contributed by atoms with Gasteiger partial charge in [0, 0.05) is 36.5 Å². The van der Waals surface area contributed by atoms with Gasteiger partial charge >= 0.3 is 10.8 Å². The van der Waals surface area contributed by atoms with Gasteiger partial charge < -0.3 is 0 Å². The predicted octanol–water partition coefficient (Wildman–Crippen LogP) is 1.39. The molecule has 0 amide bonds. The summed E-state index contributed by atoms with van der Waals surface area (Å²) in [5.41, 5.74) is 7.74. The highest BCUT2D eigenvalue weighted by Gasteiger charge is 2.65. The van der Waals surface area contributed by atoms with E-state index in [4.69, 9.17) is 0 Å². The van der Waals surface area contributed by atoms with Crippen molar-refractivity contribution in [2.75, 3.05) is 0 Å². The van der Waals surface area contributed by atoms with E-state index in [9.17, 15) is 0 Å². The van der Waals surface area contributed by atoms with E-state index >= 15 is 0 Å². The van der Waals surface area contributed by atoms with Crippen LogP contribution in [-0.4, -0.2) is 27.3 Å². The van der Waals surface area contributed by atoms with E-state index in [2.05, 4.69) is 88.8 Å². The molecule has 25 heavy (non-hydrogen) atoms. The van der Waals surface area contributed by atoms with E-state index in [1.807, 2.05) is 0 Å². The van der Waals surface area contributed by atoms with Crippen molar-refractivity contribution in [1.82, 2.24) is 7.94 Å². The molecule has 2 aromatic rings. The van der Waals surface area contributed by atoms with Crippen LogP contribution in [0.3, 0.4) is 0 Å². The van der Waals surface area contributed by atoms with Crippen molar-refractivity contribution >= 4 is 40.4 Å². The monoisotopic (exact) mass is 340 g/mol. The molecular weight excluding hydrogens is 328 g/mol. The molecule has 0 N–H and O–H groups in total. The summed E-state index contributed by atoms with van der Waals surface area (Å²) < 4.78 is 10.2. The SMILES string of the molecule is C1=CC2=[N+]3C1=Cc1ccc4n1S31n3c(ccc3=C4)=CC3=[N+]1C(=C2)C=C3. The molecule has 0 radical (unpaired) electrons. The number of hydrogen-bond donors (Lipinski definition) is 0. The Morgan fingerprint density at radius 3 is 2.04 bits per heavy atom. The zero-order chi connectivity index (χ0) is 15.9. The second kappa shape index (κ2) is 3.21. The molecule has 5 heteroatoms. The fraction of sp³-hybridized carbons (Fsp3) is 0. The lowest BCUT2D eigenvalue weighted by Gasteiger charge is -2.40. The largest absolute Gasteiger partial charge is 0.382 e. The first-order valence-electron chi connectivity index (χ1n) is 8.47. The highest BCUT2D eigenvalue weighted by atomic mass is 32.3. The Morgan fingerprint density at radius 2 is 1.24 bits per heavy atom. The van der Waals surface area contributed by atoms with Crippen LogP contribution < -0.4 is 10.7 Å². The van der Waals surface area contributed by atoms with Crippen molar-refractivity contribution in [3.8, 4) is 0 Å². The maximum atomic E-state index is 2.56. The van der Waals surface area contributed by atoms with Crippen LogP contribution in [0.25, 0.3) is 18.2 Å². The smallest absolute Gasteiger partial charge is 0.184 e. The molecule has 8 rings (SSSR count). The summed E-state index contributed by atoms with van der Waals surface area (Å²) >= 11 is 0. The lowest BCUT2D eigenvalue weighted by molar-refractivity contribution is -0.410. The standard InChI is InChI=1S/C20H12N4S/c1-2-14-10-16-5-6-18-12-20-8-7-19-11-17-4-3-15-9-13(1)21(14)25(22(15)17,23(16)18)24(19)20/h1-12H/q+2. The van der Waals surface area contributed by atoms with Crippen molar-refractivity contribution in [3.63, 3.8) is 0 Å². The molecule has 116 valence electrons. The molecule has 0 saturated heterocycles. The van der Waals surface area contributed by atoms with Gasteiger partial charge in [-0.25, -0.2) is 0 Å². The first-order chi connectivity index (χ1) is 12.4. The first-order valence-corrected chi connectivity index (χ1v) is 9.93. The molecule has 0 aliphatic carbocycles. The lowest BCUT2D eigenvalue weighted by Crippen LogP contribution is -2.53. The summed E-state index contributed by atoms with van der Waals surface area (Å²) in [6.07, 6.45) is 18.3. The minimum atomic E-state index is -1.65. The Balaban J connectivity index is 1.77. The Kier molecular flexibility index (Phi) is 1.48. The van der Waals surface area contributed by atoms with Crippen LogP contribution >= 0.6 is 10.8 Å². The van der Waals surface area contributed by atoms with E-state index in [0.29, 0.717) is 0 Å². The van der Waals surface area contributed by atoms with E-state index in [1.54, 1.807) is 0 Å². The summed E-state index contributed by atoms with van der Waals surface area (Å²) in [6.45, 7) is 0. The third-order valence-corrected chi connectivity index (χ3v) is 9.38. The van der Waals surface area contributed by atoms with Crippen molar-refractivity contribution in [1.29, 1.82) is 0 Å². The van der Waals surface area contributed by atoms with Crippen LogP contribution in [0.15, 0.2) is 66.0 Å². The first kappa shape index (κ1) is 11.5. The van der Waals surface area contributed by atoms with Crippen LogP contribution in [0.4, 0.5) is 0 Å². The Labute approximate surface area is 144 Å². The van der Waals surface area contributed by atoms with Crippen molar-refractivity contribution in [2.24, 2.45) is 0 Å². The molecule has 1 unspecified atom stereocenters. The summed E-state index contributed by atoms with van der Waals surface area (Å²) in [4.78, 5) is 0. The van der Waals surface area contributed by atoms with E-state index in [0.717, 1.165) is 0 Å². The van der Waals surface area contributed by atoms with Gasteiger partial charge in [0.05, 0.1) is 28.2 Å². The van der Waals surface area contributed by atoms with Crippen LogP contribution in [0.1, 0.15) is 11.4 Å². The molecule has 0 fully saturated rings. The van der Waals surface area contributed by atoms with Gasteiger partial charge in [-0.05, 0) is 30.3 Å². The third-order valence-electron chi connectivity index (χ3n) is 5.74. The molecule has 6 aliphatic heterocycles. The minimum Gasteiger partial charge on any atom is -0.184 e. The lowest BCUT2D eigenvalue weighted by atomic mass is 10.3. The van der Waals surface area contributed by atoms with Crippen molar-refractivity contribution < 1.29 is 7.96 Å². The van der Waals surface area contributed by atoms with E-state index in [1.165, 1.54) is 44.9 Å². The van der Waals surface area contributed by atoms with Gasteiger partial charge in [-0.2, -0.15) is 7.94 Å². The van der Waals surface area contributed by atoms with Gasteiger partial charge in [-0.15, -0.1) is 0 Å². The zero-order valence-electron chi connectivity index (χ0n) is 13.1. The number of nitrogens with zero attached hydrogens (tertiary/aromatic N) is 4. The second-order valence-electron chi connectivity index (χ2n) is 6.98. The maximum Gasteiger partial charge on any atom is 0.382 e. The molecule has 4 nitrogen and oxygen atoms in total. The Hall–Kier alpha value is -3.05. The molecule has 0 aromatic carbocycles. The van der Waals surface area contributed by atoms with E-state index in [-0.39, 0.29) is 0 Å². The molecule has 1 spiro atoms. The quantitative estimate of drug-likeness (QED) is 0.645. The van der Waals surface area contributed by atoms with Gasteiger partial charge in [-0.1, -0.05) is 7.96 Å². The normalized spacial score (nSPS) is 29.6. The second-order valence-corrected chi connectivity index (χ2v) is 9.42. The van der Waals surface area contributed by atoms with Crippen molar-refractivity contribution in [3.05, 3.63) is 88.1 Å². The molecule has 0 bridgehead atoms. The minimum absolute atomic E-state index is 1.29. The van der Waals surface area contributed by atoms with Gasteiger partial charge in [0.25, 0.3) is 0 Å². The van der Waals surface area contributed by atoms with Crippen LogP contribution in [0.2, 0.25) is 0 Å². The molecule has 1 atom stereocenters. The van der Waals surface area contributed by atoms with Crippen LogP contribution in [0, 0.1) is 0 Å². The topological polar surface area (TPSA) is 15.9 Å². The van der Waals surface area contributed by atoms with Gasteiger partial charge in [0.2, 0.25) is 22.8 Å². The fourth-order valence-electron chi connectivity index (χ4n) is 4.90. The van der Waals surface area contributed by atoms with E-state index < -0.39 is 10.8 Å². The van der Waals surface area contributed by atoms with Gasteiger partial charge in [0.1, 0.15) is 0 Å². The average molecular weight is 340 g/mol. The number of allylic oxidation sites excluding steroid dienone is 5. The van der Waals surface area contributed by atoms with Gasteiger partial charge in [0.15, 0.2) is 0 Å². The Bertz CT molecular complexity index is 1430. The highest BCUT2D eigenvalue weighted by Crippen LogP contribution is 2.62. The third kappa shape index (κ3) is 0.951. The molecular formula is C20H12N4S+2. The summed E-state index contributed by atoms with van der Waals surface area (Å²) in [7, 11) is -1.65. The molecule has 2 aromatic heterocycles. The number of rotatable bonds is 0. The van der Waals surface area contributed by atoms with Crippen LogP contribution in [-0.2, 0) is 0 Å². The van der Waals surface area contributed by atoms with Crippen LogP contribution in [0.5, 0.6) is 0 Å². The maximum absolute atomic E-state index is 2.56. The fourth-order valence-corrected chi connectivity index (χ4v) is 9.05. The average Bonchev–Trinajstić information content (AvgIpc) is 3.38. The summed E-state index contributed by atoms with van der Waals surface area (Å²) in [5, 5.41) is 2.58. The molecule has 8 heterocycles. The summed E-state index contributed by atoms with van der Waals surface area (Å²) in [6, 6.07) is 9.04. The number of aromatic nitrogens is 2. The van der Waals surface area contributed by atoms with Crippen molar-refractivity contribution in [2.45, 2.75) is 0 Å². The van der Waals surface area contributed by atoms with Gasteiger partial charge in [-0.3, -0.25) is 0 Å².